The molecule has 0 saturated heterocycles. The maximum Gasteiger partial charge on any atom is 0.160 e. The fraction of sp³-hybridized carbons (Fsp3) is 0.273. The molecule has 2 nitrogen and oxygen atoms in total. The molecule has 1 aromatic rings. The van der Waals surface area contributed by atoms with Crippen LogP contribution in [-0.2, 0) is 0 Å². The second-order valence-corrected chi connectivity index (χ2v) is 3.35. The second kappa shape index (κ2) is 3.13. The summed E-state index contributed by atoms with van der Waals surface area (Å²) >= 11 is 0. The molecule has 0 heterocycles. The number of hydrogen-bond acceptors (Lipinski definition) is 2. The number of hydrogen-bond donors (Lipinski definition) is 2. The van der Waals surface area contributed by atoms with Gasteiger partial charge >= 0.3 is 0 Å². The van der Waals surface area contributed by atoms with E-state index in [9.17, 15) is 10.2 Å². The summed E-state index contributed by atoms with van der Waals surface area (Å²) in [7, 11) is 0. The highest BCUT2D eigenvalue weighted by atomic mass is 16.3. The van der Waals surface area contributed by atoms with Crippen molar-refractivity contribution in [1.29, 1.82) is 0 Å². The Labute approximate surface area is 77.1 Å². The molecule has 2 N–H and O–H groups in total. The van der Waals surface area contributed by atoms with Crippen molar-refractivity contribution < 1.29 is 10.2 Å². The van der Waals surface area contributed by atoms with Gasteiger partial charge in [0.25, 0.3) is 0 Å². The van der Waals surface area contributed by atoms with E-state index < -0.39 is 0 Å². The maximum absolute atomic E-state index is 9.58. The molecule has 0 atom stereocenters. The Balaban J connectivity index is 2.34. The van der Waals surface area contributed by atoms with Crippen LogP contribution in [0.15, 0.2) is 30.4 Å². The zero-order chi connectivity index (χ0) is 9.26. The summed E-state index contributed by atoms with van der Waals surface area (Å²) in [5.74, 6) is 0.354. The zero-order valence-electron chi connectivity index (χ0n) is 7.27. The van der Waals surface area contributed by atoms with Crippen LogP contribution in [0.4, 0.5) is 0 Å². The second-order valence-electron chi connectivity index (χ2n) is 3.35. The van der Waals surface area contributed by atoms with Gasteiger partial charge in [0.1, 0.15) is 0 Å². The van der Waals surface area contributed by atoms with Crippen LogP contribution in [0.5, 0.6) is 11.5 Å². The Kier molecular flexibility index (Phi) is 1.97. The van der Waals surface area contributed by atoms with Crippen LogP contribution in [-0.4, -0.2) is 10.2 Å². The van der Waals surface area contributed by atoms with Crippen molar-refractivity contribution in [2.24, 2.45) is 0 Å². The van der Waals surface area contributed by atoms with E-state index in [4.69, 9.17) is 0 Å². The molecular formula is C11H12O2. The third kappa shape index (κ3) is 1.39. The van der Waals surface area contributed by atoms with Gasteiger partial charge in [-0.15, -0.1) is 0 Å². The summed E-state index contributed by atoms with van der Waals surface area (Å²) < 4.78 is 0. The Morgan fingerprint density at radius 1 is 1.08 bits per heavy atom. The number of phenols is 2. The van der Waals surface area contributed by atoms with E-state index in [-0.39, 0.29) is 11.5 Å². The monoisotopic (exact) mass is 176 g/mol. The fourth-order valence-electron chi connectivity index (χ4n) is 1.75. The fourth-order valence-corrected chi connectivity index (χ4v) is 1.75. The normalized spacial score (nSPS) is 16.6. The number of phenolic OH excluding ortho intramolecular Hbond substituents is 2. The maximum atomic E-state index is 9.58. The molecule has 0 saturated carbocycles. The Bertz CT molecular complexity index is 334. The van der Waals surface area contributed by atoms with Crippen molar-refractivity contribution in [1.82, 2.24) is 0 Å². The van der Waals surface area contributed by atoms with Crippen molar-refractivity contribution in [3.63, 3.8) is 0 Å². The van der Waals surface area contributed by atoms with Crippen molar-refractivity contribution in [2.75, 3.05) is 0 Å². The predicted molar refractivity (Wildman–Crippen MR) is 50.9 cm³/mol. The molecule has 68 valence electrons. The Hall–Kier alpha value is -1.44. The molecule has 0 fully saturated rings. The number of benzene rings is 1. The molecule has 2 heteroatoms. The highest BCUT2D eigenvalue weighted by Gasteiger charge is 2.17. The first-order valence-corrected chi connectivity index (χ1v) is 4.45. The lowest BCUT2D eigenvalue weighted by atomic mass is 9.96. The highest BCUT2D eigenvalue weighted by molar-refractivity contribution is 5.46. The molecule has 0 amide bonds. The molecule has 1 aliphatic rings. The van der Waals surface area contributed by atoms with Gasteiger partial charge in [-0.2, -0.15) is 0 Å². The summed E-state index contributed by atoms with van der Waals surface area (Å²) in [4.78, 5) is 0. The van der Waals surface area contributed by atoms with Gasteiger partial charge in [-0.25, -0.2) is 0 Å². The lowest BCUT2D eigenvalue weighted by Gasteiger charge is -2.11. The van der Waals surface area contributed by atoms with Crippen LogP contribution in [0.25, 0.3) is 0 Å². The summed E-state index contributed by atoms with van der Waals surface area (Å²) in [5, 5.41) is 18.9. The molecule has 2 rings (SSSR count). The molecule has 0 aromatic heterocycles. The van der Waals surface area contributed by atoms with Crippen molar-refractivity contribution in [2.45, 2.75) is 18.8 Å². The summed E-state index contributed by atoms with van der Waals surface area (Å²) in [6, 6.07) is 5.14. The number of rotatable bonds is 1. The Morgan fingerprint density at radius 3 is 2.46 bits per heavy atom. The van der Waals surface area contributed by atoms with Crippen LogP contribution < -0.4 is 0 Å². The van der Waals surface area contributed by atoms with Crippen molar-refractivity contribution >= 4 is 0 Å². The van der Waals surface area contributed by atoms with Gasteiger partial charge in [0.05, 0.1) is 0 Å². The van der Waals surface area contributed by atoms with E-state index in [1.165, 1.54) is 6.07 Å². The van der Waals surface area contributed by atoms with Gasteiger partial charge in [-0.3, -0.25) is 0 Å². The van der Waals surface area contributed by atoms with Crippen LogP contribution in [0, 0.1) is 0 Å². The number of para-hydroxylation sites is 1. The van der Waals surface area contributed by atoms with Crippen LogP contribution in [0.1, 0.15) is 24.3 Å². The average Bonchev–Trinajstić information content (AvgIpc) is 2.62. The lowest BCUT2D eigenvalue weighted by molar-refractivity contribution is 0.396. The molecular weight excluding hydrogens is 164 g/mol. The molecule has 1 aromatic carbocycles. The predicted octanol–water partition coefficient (Wildman–Crippen LogP) is 2.53. The first-order chi connectivity index (χ1) is 6.29. The topological polar surface area (TPSA) is 40.5 Å². The third-order valence-electron chi connectivity index (χ3n) is 2.49. The van der Waals surface area contributed by atoms with Crippen LogP contribution in [0.3, 0.4) is 0 Å². The van der Waals surface area contributed by atoms with E-state index in [1.54, 1.807) is 6.07 Å². The molecule has 0 aliphatic heterocycles. The minimum Gasteiger partial charge on any atom is -0.504 e. The van der Waals surface area contributed by atoms with Gasteiger partial charge in [0, 0.05) is 5.56 Å². The molecule has 0 spiro atoms. The molecule has 0 bridgehead atoms. The third-order valence-corrected chi connectivity index (χ3v) is 2.49. The number of aromatic hydroxyl groups is 2. The highest BCUT2D eigenvalue weighted by Crippen LogP contribution is 2.38. The molecule has 1 aliphatic carbocycles. The van der Waals surface area contributed by atoms with E-state index in [2.05, 4.69) is 12.2 Å². The van der Waals surface area contributed by atoms with E-state index >= 15 is 0 Å². The largest absolute Gasteiger partial charge is 0.504 e. The van der Waals surface area contributed by atoms with Gasteiger partial charge in [-0.1, -0.05) is 24.3 Å². The first kappa shape index (κ1) is 8.17. The minimum absolute atomic E-state index is 0.0237. The summed E-state index contributed by atoms with van der Waals surface area (Å²) in [6.07, 6.45) is 6.12. The van der Waals surface area contributed by atoms with E-state index in [0.29, 0.717) is 5.92 Å². The lowest BCUT2D eigenvalue weighted by Crippen LogP contribution is -1.92. The van der Waals surface area contributed by atoms with Gasteiger partial charge in [0.15, 0.2) is 11.5 Å². The SMILES string of the molecule is Oc1cccc(C2CC=CC2)c1O. The van der Waals surface area contributed by atoms with Gasteiger partial charge < -0.3 is 10.2 Å². The van der Waals surface area contributed by atoms with E-state index in [1.807, 2.05) is 6.07 Å². The van der Waals surface area contributed by atoms with Crippen molar-refractivity contribution in [3.05, 3.63) is 35.9 Å². The van der Waals surface area contributed by atoms with Crippen molar-refractivity contribution in [3.8, 4) is 11.5 Å². The van der Waals surface area contributed by atoms with Crippen LogP contribution in [0.2, 0.25) is 0 Å². The molecule has 0 unspecified atom stereocenters. The van der Waals surface area contributed by atoms with E-state index in [0.717, 1.165) is 18.4 Å². The molecule has 0 radical (unpaired) electrons. The summed E-state index contributed by atoms with van der Waals surface area (Å²) in [5.41, 5.74) is 0.852. The average molecular weight is 176 g/mol. The Morgan fingerprint density at radius 2 is 1.77 bits per heavy atom. The first-order valence-electron chi connectivity index (χ1n) is 4.45. The number of allylic oxidation sites excluding steroid dienone is 2. The zero-order valence-corrected chi connectivity index (χ0v) is 7.27. The van der Waals surface area contributed by atoms with Crippen LogP contribution >= 0.6 is 0 Å². The standard InChI is InChI=1S/C11H12O2/c12-10-7-3-6-9(11(10)13)8-4-1-2-5-8/h1-3,6-8,12-13H,4-5H2. The minimum atomic E-state index is -0.0237. The smallest absolute Gasteiger partial charge is 0.160 e. The van der Waals surface area contributed by atoms with Gasteiger partial charge in [-0.05, 0) is 24.8 Å². The summed E-state index contributed by atoms with van der Waals surface area (Å²) in [6.45, 7) is 0. The van der Waals surface area contributed by atoms with Gasteiger partial charge in [0.2, 0.25) is 0 Å². The molecule has 13 heavy (non-hydrogen) atoms. The quantitative estimate of drug-likeness (QED) is 0.510.